The van der Waals surface area contributed by atoms with Crippen molar-refractivity contribution in [3.63, 3.8) is 0 Å². The van der Waals surface area contributed by atoms with Gasteiger partial charge >= 0.3 is 12.0 Å². The predicted octanol–water partition coefficient (Wildman–Crippen LogP) is 2.48. The van der Waals surface area contributed by atoms with Crippen LogP contribution in [-0.2, 0) is 14.3 Å². The Morgan fingerprint density at radius 3 is 2.72 bits per heavy atom. The summed E-state index contributed by atoms with van der Waals surface area (Å²) in [6.07, 6.45) is 5.16. The molecule has 132 valence electrons. The Morgan fingerprint density at radius 2 is 2.12 bits per heavy atom. The molecule has 0 N–H and O–H groups in total. The van der Waals surface area contributed by atoms with E-state index < -0.39 is 30.6 Å². The molecule has 1 aliphatic heterocycles. The van der Waals surface area contributed by atoms with Gasteiger partial charge in [0.05, 0.1) is 12.5 Å². The van der Waals surface area contributed by atoms with Crippen LogP contribution < -0.4 is 0 Å². The Bertz CT molecular complexity index is 726. The molecule has 0 aromatic heterocycles. The van der Waals surface area contributed by atoms with Gasteiger partial charge in [0.2, 0.25) is 0 Å². The van der Waals surface area contributed by atoms with Crippen LogP contribution in [0.4, 0.5) is 4.79 Å². The molecule has 1 atom stereocenters. The lowest BCUT2D eigenvalue weighted by Gasteiger charge is -2.22. The fourth-order valence-corrected chi connectivity index (χ4v) is 2.86. The fourth-order valence-electron chi connectivity index (χ4n) is 2.67. The van der Waals surface area contributed by atoms with Gasteiger partial charge < -0.3 is 9.64 Å². The lowest BCUT2D eigenvalue weighted by Crippen LogP contribution is -2.36. The number of imide groups is 1. The van der Waals surface area contributed by atoms with E-state index in [1.165, 1.54) is 4.90 Å². The van der Waals surface area contributed by atoms with Crippen LogP contribution >= 0.6 is 11.6 Å². The molecule has 0 radical (unpaired) electrons. The number of nitrogens with zero attached hydrogens (tertiary/aromatic N) is 2. The third-order valence-corrected chi connectivity index (χ3v) is 4.11. The molecule has 0 spiro atoms. The van der Waals surface area contributed by atoms with Crippen molar-refractivity contribution in [2.24, 2.45) is 5.92 Å². The Kier molecular flexibility index (Phi) is 6.05. The maximum Gasteiger partial charge on any atom is 0.330 e. The quantitative estimate of drug-likeness (QED) is 0.443. The Hall–Kier alpha value is -2.52. The van der Waals surface area contributed by atoms with Crippen molar-refractivity contribution in [3.8, 4) is 12.3 Å². The number of urea groups is 1. The molecule has 0 bridgehead atoms. The number of ether oxygens (including phenoxy) is 1. The van der Waals surface area contributed by atoms with Crippen LogP contribution in [-0.4, -0.2) is 47.5 Å². The third kappa shape index (κ3) is 4.31. The number of carbonyl (C=O) groups excluding carboxylic acids is 3. The zero-order valence-corrected chi connectivity index (χ0v) is 14.8. The highest BCUT2D eigenvalue weighted by atomic mass is 35.5. The summed E-state index contributed by atoms with van der Waals surface area (Å²) in [5.74, 6) is 0.749. The molecule has 6 nitrogen and oxygen atoms in total. The number of halogens is 1. The molecule has 1 aromatic carbocycles. The molecule has 0 aliphatic carbocycles. The van der Waals surface area contributed by atoms with E-state index in [1.54, 1.807) is 24.3 Å². The molecule has 25 heavy (non-hydrogen) atoms. The van der Waals surface area contributed by atoms with Crippen LogP contribution in [0.25, 0.3) is 0 Å². The monoisotopic (exact) mass is 362 g/mol. The van der Waals surface area contributed by atoms with Crippen molar-refractivity contribution < 1.29 is 19.1 Å². The van der Waals surface area contributed by atoms with E-state index >= 15 is 0 Å². The minimum Gasteiger partial charge on any atom is -0.443 e. The van der Waals surface area contributed by atoms with Crippen LogP contribution in [0.15, 0.2) is 24.3 Å². The molecule has 2 rings (SSSR count). The molecule has 1 heterocycles. The highest BCUT2D eigenvalue weighted by Gasteiger charge is 2.37. The topological polar surface area (TPSA) is 66.9 Å². The summed E-state index contributed by atoms with van der Waals surface area (Å²) >= 11 is 5.99. The van der Waals surface area contributed by atoms with Crippen molar-refractivity contribution in [2.75, 3.05) is 19.8 Å². The molecule has 1 aromatic rings. The number of hydrogen-bond donors (Lipinski definition) is 0. The molecule has 1 unspecified atom stereocenters. The van der Waals surface area contributed by atoms with Crippen molar-refractivity contribution in [1.82, 2.24) is 9.80 Å². The summed E-state index contributed by atoms with van der Waals surface area (Å²) in [7, 11) is 0. The second kappa shape index (κ2) is 8.04. The zero-order chi connectivity index (χ0) is 18.6. The first-order valence-corrected chi connectivity index (χ1v) is 8.17. The first-order chi connectivity index (χ1) is 11.8. The Labute approximate surface area is 151 Å². The molecule has 0 saturated carbocycles. The molecular weight excluding hydrogens is 344 g/mol. The molecule has 1 aliphatic rings. The van der Waals surface area contributed by atoms with Gasteiger partial charge in [-0.15, -0.1) is 6.42 Å². The number of carbonyl (C=O) groups is 3. The maximum absolute atomic E-state index is 12.5. The van der Waals surface area contributed by atoms with Gasteiger partial charge in [-0.25, -0.2) is 9.69 Å². The van der Waals surface area contributed by atoms with E-state index in [2.05, 4.69) is 5.92 Å². The second-order valence-electron chi connectivity index (χ2n) is 6.03. The van der Waals surface area contributed by atoms with Crippen molar-refractivity contribution in [3.05, 3.63) is 34.9 Å². The van der Waals surface area contributed by atoms with Crippen LogP contribution in [0.3, 0.4) is 0 Å². The normalized spacial score (nSPS) is 15.5. The fraction of sp³-hybridized carbons (Fsp3) is 0.389. The van der Waals surface area contributed by atoms with Gasteiger partial charge in [-0.3, -0.25) is 9.59 Å². The summed E-state index contributed by atoms with van der Waals surface area (Å²) in [5.41, 5.74) is 0.723. The lowest BCUT2D eigenvalue weighted by molar-refractivity contribution is -0.151. The van der Waals surface area contributed by atoms with Gasteiger partial charge in [0, 0.05) is 5.02 Å². The number of hydrogen-bond acceptors (Lipinski definition) is 4. The summed E-state index contributed by atoms with van der Waals surface area (Å²) in [5, 5.41) is 0.519. The standard InChI is InChI=1S/C18H19ClN2O4/c1-4-8-20-10-15(22)21(18(20)24)11-25-17(23)16(12(2)3)13-6-5-7-14(19)9-13/h1,5-7,9,12,16H,8,10-11H2,2-3H3. The number of esters is 1. The smallest absolute Gasteiger partial charge is 0.330 e. The van der Waals surface area contributed by atoms with Crippen LogP contribution in [0, 0.1) is 18.3 Å². The van der Waals surface area contributed by atoms with Crippen LogP contribution in [0.5, 0.6) is 0 Å². The van der Waals surface area contributed by atoms with E-state index in [0.29, 0.717) is 5.02 Å². The second-order valence-corrected chi connectivity index (χ2v) is 6.47. The first-order valence-electron chi connectivity index (χ1n) is 7.80. The third-order valence-electron chi connectivity index (χ3n) is 3.88. The average molecular weight is 363 g/mol. The highest BCUT2D eigenvalue weighted by molar-refractivity contribution is 6.30. The Balaban J connectivity index is 2.06. The molecule has 1 saturated heterocycles. The number of rotatable bonds is 6. The van der Waals surface area contributed by atoms with Crippen LogP contribution in [0.1, 0.15) is 25.3 Å². The summed E-state index contributed by atoms with van der Waals surface area (Å²) in [6, 6.07) is 6.41. The summed E-state index contributed by atoms with van der Waals surface area (Å²) in [6.45, 7) is 3.26. The Morgan fingerprint density at radius 1 is 1.40 bits per heavy atom. The van der Waals surface area contributed by atoms with Gasteiger partial charge in [-0.1, -0.05) is 43.5 Å². The molecule has 3 amide bonds. The van der Waals surface area contributed by atoms with E-state index in [4.69, 9.17) is 22.8 Å². The summed E-state index contributed by atoms with van der Waals surface area (Å²) in [4.78, 5) is 38.6. The number of amides is 3. The predicted molar refractivity (Wildman–Crippen MR) is 92.6 cm³/mol. The van der Waals surface area contributed by atoms with Gasteiger partial charge in [-0.05, 0) is 23.6 Å². The summed E-state index contributed by atoms with van der Waals surface area (Å²) < 4.78 is 5.23. The van der Waals surface area contributed by atoms with E-state index in [-0.39, 0.29) is 19.0 Å². The van der Waals surface area contributed by atoms with Gasteiger partial charge in [0.15, 0.2) is 6.73 Å². The van der Waals surface area contributed by atoms with Gasteiger partial charge in [0.25, 0.3) is 5.91 Å². The van der Waals surface area contributed by atoms with Crippen molar-refractivity contribution in [1.29, 1.82) is 0 Å². The largest absolute Gasteiger partial charge is 0.443 e. The molecular formula is C18H19ClN2O4. The van der Waals surface area contributed by atoms with Crippen molar-refractivity contribution >= 4 is 29.5 Å². The SMILES string of the molecule is C#CCN1CC(=O)N(COC(=O)C(c2cccc(Cl)c2)C(C)C)C1=O. The zero-order valence-electron chi connectivity index (χ0n) is 14.1. The van der Waals surface area contributed by atoms with Crippen LogP contribution in [0.2, 0.25) is 5.02 Å². The van der Waals surface area contributed by atoms with Crippen molar-refractivity contribution in [2.45, 2.75) is 19.8 Å². The maximum atomic E-state index is 12.5. The molecule has 7 heteroatoms. The first kappa shape index (κ1) is 18.8. The van der Waals surface area contributed by atoms with E-state index in [1.807, 2.05) is 13.8 Å². The molecule has 1 fully saturated rings. The minimum absolute atomic E-state index is 0.0339. The van der Waals surface area contributed by atoms with Gasteiger partial charge in [-0.2, -0.15) is 0 Å². The minimum atomic E-state index is -0.556. The lowest BCUT2D eigenvalue weighted by atomic mass is 9.88. The van der Waals surface area contributed by atoms with Gasteiger partial charge in [0.1, 0.15) is 6.54 Å². The average Bonchev–Trinajstić information content (AvgIpc) is 2.80. The number of benzene rings is 1. The van der Waals surface area contributed by atoms with E-state index in [0.717, 1.165) is 10.5 Å². The number of terminal acetylenes is 1. The highest BCUT2D eigenvalue weighted by Crippen LogP contribution is 2.28. The van der Waals surface area contributed by atoms with E-state index in [9.17, 15) is 14.4 Å².